The monoisotopic (exact) mass is 509 g/mol. The van der Waals surface area contributed by atoms with E-state index in [4.69, 9.17) is 10.5 Å². The van der Waals surface area contributed by atoms with Crippen LogP contribution in [-0.4, -0.2) is 68.6 Å². The number of fused-ring (bicyclic) bond motifs is 3. The largest absolute Gasteiger partial charge is 0.491 e. The molecule has 1 aliphatic carbocycles. The Labute approximate surface area is 203 Å². The number of carbonyl (C=O) groups is 3. The van der Waals surface area contributed by atoms with E-state index in [1.54, 1.807) is 4.90 Å². The van der Waals surface area contributed by atoms with Gasteiger partial charge in [0.2, 0.25) is 11.9 Å². The van der Waals surface area contributed by atoms with Crippen molar-refractivity contribution in [3.63, 3.8) is 0 Å². The van der Waals surface area contributed by atoms with Crippen molar-refractivity contribution in [1.29, 1.82) is 5.26 Å². The number of esters is 1. The SMILES string of the molecule is N#C[C@@H]1C[C@@H]2C[C@@]2(OC(=O)C(F)(F)F)N1C(=O)[C@@H](N)C1CC2CCC(C1)N2C(=O)c1cccnc1F. The fraction of sp³-hybridized carbons (Fsp3) is 0.609. The standard InChI is InChI=1S/C23H23F4N5O4/c24-18-16(2-1-5-30-18)19(33)31-13-3-4-14(31)7-11(6-13)17(29)20(34)32-15(10-28)8-12-9-22(12,32)36-21(35)23(25,26)27/h1-2,5,11-15,17H,3-4,6-9,29H2/t11?,12-,13?,14?,15+,17+,22+/m1/s1. The second-order valence-electron chi connectivity index (χ2n) is 9.92. The van der Waals surface area contributed by atoms with E-state index in [0.717, 1.165) is 4.90 Å². The Morgan fingerprint density at radius 1 is 1.22 bits per heavy atom. The highest BCUT2D eigenvalue weighted by molar-refractivity contribution is 5.95. The van der Waals surface area contributed by atoms with Crippen LogP contribution in [0.3, 0.4) is 0 Å². The van der Waals surface area contributed by atoms with Gasteiger partial charge in [0.25, 0.3) is 5.91 Å². The van der Waals surface area contributed by atoms with E-state index in [1.807, 2.05) is 6.07 Å². The first-order chi connectivity index (χ1) is 17.0. The number of aromatic nitrogens is 1. The summed E-state index contributed by atoms with van der Waals surface area (Å²) in [5.41, 5.74) is 4.36. The number of hydrogen-bond acceptors (Lipinski definition) is 7. The van der Waals surface area contributed by atoms with Crippen LogP contribution in [0, 0.1) is 29.1 Å². The Bertz CT molecular complexity index is 1140. The quantitative estimate of drug-likeness (QED) is 0.373. The van der Waals surface area contributed by atoms with Crippen molar-refractivity contribution >= 4 is 17.8 Å². The zero-order valence-corrected chi connectivity index (χ0v) is 18.9. The average molecular weight is 509 g/mol. The molecule has 2 N–H and O–H groups in total. The molecule has 6 atom stereocenters. The molecule has 4 heterocycles. The summed E-state index contributed by atoms with van der Waals surface area (Å²) in [5.74, 6) is -5.51. The number of halogens is 4. The summed E-state index contributed by atoms with van der Waals surface area (Å²) >= 11 is 0. The Morgan fingerprint density at radius 2 is 1.89 bits per heavy atom. The fourth-order valence-corrected chi connectivity index (χ4v) is 6.23. The van der Waals surface area contributed by atoms with Crippen LogP contribution in [-0.2, 0) is 14.3 Å². The third kappa shape index (κ3) is 3.78. The molecular formula is C23H23F4N5O4. The molecule has 0 spiro atoms. The molecule has 1 aromatic rings. The van der Waals surface area contributed by atoms with Crippen LogP contribution in [0.15, 0.2) is 18.3 Å². The summed E-state index contributed by atoms with van der Waals surface area (Å²) in [6.45, 7) is 0. The number of ether oxygens (including phenoxy) is 1. The Balaban J connectivity index is 1.32. The van der Waals surface area contributed by atoms with Gasteiger partial charge >= 0.3 is 12.1 Å². The van der Waals surface area contributed by atoms with Gasteiger partial charge in [0.15, 0.2) is 5.72 Å². The van der Waals surface area contributed by atoms with Crippen LogP contribution in [0.1, 0.15) is 48.9 Å². The van der Waals surface area contributed by atoms with Crippen molar-refractivity contribution < 1.29 is 36.7 Å². The van der Waals surface area contributed by atoms with Crippen molar-refractivity contribution in [2.75, 3.05) is 0 Å². The van der Waals surface area contributed by atoms with Crippen LogP contribution >= 0.6 is 0 Å². The van der Waals surface area contributed by atoms with Gasteiger partial charge in [0.1, 0.15) is 6.04 Å². The number of nitriles is 1. The maximum Gasteiger partial charge on any atom is 0.491 e. The lowest BCUT2D eigenvalue weighted by Crippen LogP contribution is -2.58. The molecular weight excluding hydrogens is 486 g/mol. The van der Waals surface area contributed by atoms with Gasteiger partial charge in [0, 0.05) is 30.6 Å². The normalized spacial score (nSPS) is 33.5. The molecule has 5 rings (SSSR count). The summed E-state index contributed by atoms with van der Waals surface area (Å²) < 4.78 is 57.4. The zero-order chi connectivity index (χ0) is 26.0. The van der Waals surface area contributed by atoms with Crippen LogP contribution < -0.4 is 5.73 Å². The summed E-state index contributed by atoms with van der Waals surface area (Å²) in [6.07, 6.45) is -1.95. The third-order valence-corrected chi connectivity index (χ3v) is 7.92. The average Bonchev–Trinajstić information content (AvgIpc) is 3.32. The summed E-state index contributed by atoms with van der Waals surface area (Å²) in [7, 11) is 0. The minimum Gasteiger partial charge on any atom is -0.432 e. The number of nitrogens with two attached hydrogens (primary N) is 1. The lowest BCUT2D eigenvalue weighted by Gasteiger charge is -2.42. The molecule has 1 aromatic heterocycles. The van der Waals surface area contributed by atoms with Crippen LogP contribution in [0.2, 0.25) is 0 Å². The van der Waals surface area contributed by atoms with Gasteiger partial charge in [-0.15, -0.1) is 0 Å². The van der Waals surface area contributed by atoms with Crippen LogP contribution in [0.4, 0.5) is 17.6 Å². The molecule has 2 amide bonds. The third-order valence-electron chi connectivity index (χ3n) is 7.92. The highest BCUT2D eigenvalue weighted by Gasteiger charge is 2.72. The molecule has 3 saturated heterocycles. The lowest BCUT2D eigenvalue weighted by atomic mass is 9.84. The topological polar surface area (TPSA) is 130 Å². The van der Waals surface area contributed by atoms with Gasteiger partial charge < -0.3 is 15.4 Å². The number of piperidine rings is 2. The van der Waals surface area contributed by atoms with Crippen molar-refractivity contribution in [3.05, 3.63) is 29.8 Å². The van der Waals surface area contributed by atoms with Gasteiger partial charge in [-0.1, -0.05) is 0 Å². The predicted octanol–water partition coefficient (Wildman–Crippen LogP) is 1.88. The minimum atomic E-state index is -5.24. The number of likely N-dealkylation sites (tertiary alicyclic amines) is 1. The van der Waals surface area contributed by atoms with Crippen molar-refractivity contribution in [1.82, 2.24) is 14.8 Å². The van der Waals surface area contributed by atoms with E-state index in [2.05, 4.69) is 4.98 Å². The number of nitrogens with zero attached hydrogens (tertiary/aromatic N) is 4. The summed E-state index contributed by atoms with van der Waals surface area (Å²) in [4.78, 5) is 44.1. The molecule has 2 unspecified atom stereocenters. The summed E-state index contributed by atoms with van der Waals surface area (Å²) in [6, 6.07) is 1.91. The Kier molecular flexibility index (Phi) is 5.70. The minimum absolute atomic E-state index is 0.0142. The van der Waals surface area contributed by atoms with E-state index >= 15 is 0 Å². The number of alkyl halides is 3. The van der Waals surface area contributed by atoms with E-state index in [1.165, 1.54) is 18.3 Å². The molecule has 4 aliphatic rings. The second-order valence-corrected chi connectivity index (χ2v) is 9.92. The molecule has 4 fully saturated rings. The second kappa shape index (κ2) is 8.40. The smallest absolute Gasteiger partial charge is 0.432 e. The number of rotatable bonds is 4. The van der Waals surface area contributed by atoms with E-state index in [9.17, 15) is 37.2 Å². The first-order valence-corrected chi connectivity index (χ1v) is 11.7. The molecule has 192 valence electrons. The van der Waals surface area contributed by atoms with Gasteiger partial charge in [-0.25, -0.2) is 9.78 Å². The Morgan fingerprint density at radius 3 is 2.47 bits per heavy atom. The summed E-state index contributed by atoms with van der Waals surface area (Å²) in [5, 5.41) is 9.52. The number of carbonyl (C=O) groups excluding carboxylic acids is 3. The van der Waals surface area contributed by atoms with Gasteiger partial charge in [-0.2, -0.15) is 22.8 Å². The predicted molar refractivity (Wildman–Crippen MR) is 112 cm³/mol. The van der Waals surface area contributed by atoms with Crippen molar-refractivity contribution in [2.24, 2.45) is 17.6 Å². The molecule has 3 aliphatic heterocycles. The van der Waals surface area contributed by atoms with Crippen molar-refractivity contribution in [2.45, 2.75) is 74.6 Å². The van der Waals surface area contributed by atoms with Crippen LogP contribution in [0.5, 0.6) is 0 Å². The molecule has 9 nitrogen and oxygen atoms in total. The van der Waals surface area contributed by atoms with Crippen LogP contribution in [0.25, 0.3) is 0 Å². The van der Waals surface area contributed by atoms with E-state index < -0.39 is 59.6 Å². The molecule has 36 heavy (non-hydrogen) atoms. The fourth-order valence-electron chi connectivity index (χ4n) is 6.23. The molecule has 0 aromatic carbocycles. The maximum atomic E-state index is 14.1. The zero-order valence-electron chi connectivity index (χ0n) is 18.9. The first-order valence-electron chi connectivity index (χ1n) is 11.7. The highest BCUT2D eigenvalue weighted by Crippen LogP contribution is 2.59. The van der Waals surface area contributed by atoms with Gasteiger partial charge in [-0.05, 0) is 50.2 Å². The number of amides is 2. The maximum absolute atomic E-state index is 14.1. The number of hydrogen-bond donors (Lipinski definition) is 1. The van der Waals surface area contributed by atoms with E-state index in [-0.39, 0.29) is 30.5 Å². The molecule has 1 saturated carbocycles. The highest BCUT2D eigenvalue weighted by atomic mass is 19.4. The number of pyridine rings is 1. The Hall–Kier alpha value is -3.27. The van der Waals surface area contributed by atoms with Gasteiger partial charge in [-0.3, -0.25) is 14.5 Å². The molecule has 2 bridgehead atoms. The lowest BCUT2D eigenvalue weighted by molar-refractivity contribution is -0.217. The molecule has 0 radical (unpaired) electrons. The molecule has 13 heteroatoms. The van der Waals surface area contributed by atoms with Crippen molar-refractivity contribution in [3.8, 4) is 6.07 Å². The first kappa shape index (κ1) is 24.4. The van der Waals surface area contributed by atoms with Gasteiger partial charge in [0.05, 0.1) is 17.7 Å². The van der Waals surface area contributed by atoms with E-state index in [0.29, 0.717) is 25.7 Å².